The van der Waals surface area contributed by atoms with Gasteiger partial charge in [-0.3, -0.25) is 0 Å². The normalized spacial score (nSPS) is 11.4. The summed E-state index contributed by atoms with van der Waals surface area (Å²) in [6, 6.07) is 18.2. The third-order valence-corrected chi connectivity index (χ3v) is 3.45. The van der Waals surface area contributed by atoms with Gasteiger partial charge in [0, 0.05) is 33.6 Å². The van der Waals surface area contributed by atoms with Gasteiger partial charge in [0.05, 0.1) is 0 Å². The van der Waals surface area contributed by atoms with E-state index < -0.39 is 0 Å². The van der Waals surface area contributed by atoms with Crippen molar-refractivity contribution in [2.24, 2.45) is 0 Å². The molecule has 0 radical (unpaired) electrons. The summed E-state index contributed by atoms with van der Waals surface area (Å²) in [6.45, 7) is 0. The summed E-state index contributed by atoms with van der Waals surface area (Å²) in [5.41, 5.74) is 4.28. The Balaban J connectivity index is 1.92. The molecular weight excluding hydrogens is 236 g/mol. The van der Waals surface area contributed by atoms with Crippen LogP contribution in [-0.4, -0.2) is 15.1 Å². The summed E-state index contributed by atoms with van der Waals surface area (Å²) in [5.74, 6) is 0.198. The van der Waals surface area contributed by atoms with Crippen molar-refractivity contribution >= 4 is 21.8 Å². The first-order chi connectivity index (χ1) is 9.29. The standard InChI is InChI=1S/C16H12N2O/c19-16-9-12-7-11(5-6-14(12)18-16)15-8-10-3-1-2-4-13(10)17-15/h1-9,17-19H. The van der Waals surface area contributed by atoms with Gasteiger partial charge >= 0.3 is 0 Å². The summed E-state index contributed by atoms with van der Waals surface area (Å²) in [4.78, 5) is 6.32. The topological polar surface area (TPSA) is 51.8 Å². The molecule has 0 amide bonds. The molecule has 2 heterocycles. The van der Waals surface area contributed by atoms with Gasteiger partial charge in [-0.25, -0.2) is 0 Å². The molecule has 3 N–H and O–H groups in total. The summed E-state index contributed by atoms with van der Waals surface area (Å²) in [6.07, 6.45) is 0. The Morgan fingerprint density at radius 2 is 1.58 bits per heavy atom. The Morgan fingerprint density at radius 3 is 2.47 bits per heavy atom. The van der Waals surface area contributed by atoms with Crippen molar-refractivity contribution in [3.05, 3.63) is 54.6 Å². The molecule has 92 valence electrons. The molecule has 0 aliphatic rings. The lowest BCUT2D eigenvalue weighted by Crippen LogP contribution is -1.76. The van der Waals surface area contributed by atoms with Crippen LogP contribution in [0.3, 0.4) is 0 Å². The van der Waals surface area contributed by atoms with Gasteiger partial charge in [0.2, 0.25) is 0 Å². The average molecular weight is 248 g/mol. The van der Waals surface area contributed by atoms with E-state index in [4.69, 9.17) is 0 Å². The fourth-order valence-corrected chi connectivity index (χ4v) is 2.51. The van der Waals surface area contributed by atoms with Gasteiger partial charge in [0.1, 0.15) is 0 Å². The lowest BCUT2D eigenvalue weighted by Gasteiger charge is -1.98. The number of aromatic hydroxyl groups is 1. The quantitative estimate of drug-likeness (QED) is 0.468. The van der Waals surface area contributed by atoms with Gasteiger partial charge in [-0.15, -0.1) is 0 Å². The number of hydrogen-bond acceptors (Lipinski definition) is 1. The van der Waals surface area contributed by atoms with Crippen molar-refractivity contribution in [3.8, 4) is 17.1 Å². The smallest absolute Gasteiger partial charge is 0.189 e. The molecule has 4 rings (SSSR count). The zero-order chi connectivity index (χ0) is 12.8. The number of H-pyrrole nitrogens is 2. The maximum atomic E-state index is 9.47. The zero-order valence-electron chi connectivity index (χ0n) is 10.1. The minimum absolute atomic E-state index is 0.198. The van der Waals surface area contributed by atoms with E-state index in [2.05, 4.69) is 34.2 Å². The highest BCUT2D eigenvalue weighted by molar-refractivity contribution is 5.90. The molecular formula is C16H12N2O. The van der Waals surface area contributed by atoms with Crippen LogP contribution in [0.25, 0.3) is 33.1 Å². The first-order valence-electron chi connectivity index (χ1n) is 6.19. The fourth-order valence-electron chi connectivity index (χ4n) is 2.51. The van der Waals surface area contributed by atoms with E-state index in [-0.39, 0.29) is 5.88 Å². The van der Waals surface area contributed by atoms with E-state index in [0.29, 0.717) is 0 Å². The highest BCUT2D eigenvalue weighted by Gasteiger charge is 2.05. The third-order valence-electron chi connectivity index (χ3n) is 3.45. The molecule has 3 heteroatoms. The summed E-state index contributed by atoms with van der Waals surface area (Å²) in [7, 11) is 0. The Labute approximate surface area is 109 Å². The van der Waals surface area contributed by atoms with Crippen molar-refractivity contribution < 1.29 is 5.11 Å². The van der Waals surface area contributed by atoms with E-state index in [1.807, 2.05) is 24.3 Å². The van der Waals surface area contributed by atoms with Crippen LogP contribution in [0, 0.1) is 0 Å². The van der Waals surface area contributed by atoms with E-state index >= 15 is 0 Å². The predicted molar refractivity (Wildman–Crippen MR) is 77.3 cm³/mol. The maximum absolute atomic E-state index is 9.47. The molecule has 0 atom stereocenters. The van der Waals surface area contributed by atoms with E-state index in [1.54, 1.807) is 6.07 Å². The zero-order valence-corrected chi connectivity index (χ0v) is 10.1. The molecule has 4 aromatic rings. The van der Waals surface area contributed by atoms with Crippen LogP contribution in [0.2, 0.25) is 0 Å². The van der Waals surface area contributed by atoms with E-state index in [1.165, 1.54) is 5.39 Å². The van der Waals surface area contributed by atoms with Gasteiger partial charge < -0.3 is 15.1 Å². The molecule has 0 saturated carbocycles. The first-order valence-corrected chi connectivity index (χ1v) is 6.19. The molecule has 0 bridgehead atoms. The van der Waals surface area contributed by atoms with Crippen LogP contribution in [-0.2, 0) is 0 Å². The number of aromatic nitrogens is 2. The summed E-state index contributed by atoms with van der Waals surface area (Å²) >= 11 is 0. The first kappa shape index (κ1) is 10.3. The van der Waals surface area contributed by atoms with Crippen LogP contribution in [0.15, 0.2) is 54.6 Å². The number of fused-ring (bicyclic) bond motifs is 2. The lowest BCUT2D eigenvalue weighted by molar-refractivity contribution is 0.458. The van der Waals surface area contributed by atoms with E-state index in [0.717, 1.165) is 27.7 Å². The molecule has 2 aromatic heterocycles. The number of nitrogens with one attached hydrogen (secondary N) is 2. The Morgan fingerprint density at radius 1 is 0.737 bits per heavy atom. The van der Waals surface area contributed by atoms with Crippen molar-refractivity contribution in [1.82, 2.24) is 9.97 Å². The SMILES string of the molecule is Oc1cc2cc(-c3cc4ccccc4[nH]3)ccc2[nH]1. The highest BCUT2D eigenvalue weighted by atomic mass is 16.3. The summed E-state index contributed by atoms with van der Waals surface area (Å²) < 4.78 is 0. The Bertz CT molecular complexity index is 853. The minimum Gasteiger partial charge on any atom is -0.495 e. The molecule has 2 aromatic carbocycles. The van der Waals surface area contributed by atoms with Crippen LogP contribution < -0.4 is 0 Å². The largest absolute Gasteiger partial charge is 0.495 e. The number of para-hydroxylation sites is 1. The summed E-state index contributed by atoms with van der Waals surface area (Å²) in [5, 5.41) is 11.7. The van der Waals surface area contributed by atoms with Crippen LogP contribution >= 0.6 is 0 Å². The van der Waals surface area contributed by atoms with Gasteiger partial charge in [0.25, 0.3) is 0 Å². The van der Waals surface area contributed by atoms with E-state index in [9.17, 15) is 5.11 Å². The van der Waals surface area contributed by atoms with Crippen molar-refractivity contribution in [1.29, 1.82) is 0 Å². The number of hydrogen-bond donors (Lipinski definition) is 3. The number of aromatic amines is 2. The molecule has 3 nitrogen and oxygen atoms in total. The second-order valence-corrected chi connectivity index (χ2v) is 4.73. The van der Waals surface area contributed by atoms with Crippen LogP contribution in [0.1, 0.15) is 0 Å². The average Bonchev–Trinajstić information content (AvgIpc) is 2.99. The van der Waals surface area contributed by atoms with Crippen molar-refractivity contribution in [2.45, 2.75) is 0 Å². The third kappa shape index (κ3) is 1.59. The lowest BCUT2D eigenvalue weighted by atomic mass is 10.1. The highest BCUT2D eigenvalue weighted by Crippen LogP contribution is 2.28. The van der Waals surface area contributed by atoms with Gasteiger partial charge in [-0.05, 0) is 29.8 Å². The molecule has 0 spiro atoms. The minimum atomic E-state index is 0.198. The van der Waals surface area contributed by atoms with Gasteiger partial charge in [-0.1, -0.05) is 24.3 Å². The molecule has 19 heavy (non-hydrogen) atoms. The van der Waals surface area contributed by atoms with Gasteiger partial charge in [0.15, 0.2) is 5.88 Å². The molecule has 0 fully saturated rings. The second-order valence-electron chi connectivity index (χ2n) is 4.73. The maximum Gasteiger partial charge on any atom is 0.189 e. The molecule has 0 saturated heterocycles. The Hall–Kier alpha value is -2.68. The second kappa shape index (κ2) is 3.65. The number of rotatable bonds is 1. The van der Waals surface area contributed by atoms with Crippen LogP contribution in [0.5, 0.6) is 5.88 Å². The Kier molecular flexibility index (Phi) is 1.97. The molecule has 0 aliphatic carbocycles. The van der Waals surface area contributed by atoms with Crippen molar-refractivity contribution in [2.75, 3.05) is 0 Å². The monoisotopic (exact) mass is 248 g/mol. The molecule has 0 aliphatic heterocycles. The number of benzene rings is 2. The van der Waals surface area contributed by atoms with Crippen LogP contribution in [0.4, 0.5) is 0 Å². The molecule has 0 unspecified atom stereocenters. The van der Waals surface area contributed by atoms with Crippen molar-refractivity contribution in [3.63, 3.8) is 0 Å². The van der Waals surface area contributed by atoms with Gasteiger partial charge in [-0.2, -0.15) is 0 Å². The fraction of sp³-hybridized carbons (Fsp3) is 0. The predicted octanol–water partition coefficient (Wildman–Crippen LogP) is 4.02.